The molecule has 1 heterocycles. The van der Waals surface area contributed by atoms with Gasteiger partial charge in [0.25, 0.3) is 0 Å². The first kappa shape index (κ1) is 14.6. The molecule has 0 aliphatic carbocycles. The number of ether oxygens (including phenoxy) is 3. The lowest BCUT2D eigenvalue weighted by molar-refractivity contribution is -0.149. The van der Waals surface area contributed by atoms with Crippen LogP contribution in [0.4, 0.5) is 0 Å². The van der Waals surface area contributed by atoms with Gasteiger partial charge in [-0.1, -0.05) is 18.2 Å². The van der Waals surface area contributed by atoms with Gasteiger partial charge in [0.2, 0.25) is 0 Å². The molecule has 0 amide bonds. The molecule has 1 aliphatic heterocycles. The number of cyclic esters (lactones) is 1. The maximum Gasteiger partial charge on any atom is 0.346 e. The predicted octanol–water partition coefficient (Wildman–Crippen LogP) is 2.29. The number of methoxy groups -OCH3 is 1. The molecule has 0 spiro atoms. The zero-order valence-electron chi connectivity index (χ0n) is 11.0. The van der Waals surface area contributed by atoms with Gasteiger partial charge in [-0.3, -0.25) is 4.79 Å². The second kappa shape index (κ2) is 6.09. The smallest absolute Gasteiger partial charge is 0.346 e. The lowest BCUT2D eigenvalue weighted by Crippen LogP contribution is -2.20. The summed E-state index contributed by atoms with van der Waals surface area (Å²) in [5.41, 5.74) is 1.35. The van der Waals surface area contributed by atoms with Crippen molar-refractivity contribution >= 4 is 33.4 Å². The van der Waals surface area contributed by atoms with E-state index in [1.165, 1.54) is 6.92 Å². The molecule has 1 aliphatic rings. The van der Waals surface area contributed by atoms with Gasteiger partial charge in [0.15, 0.2) is 6.10 Å². The number of halogens is 1. The normalized spacial score (nSPS) is 17.9. The van der Waals surface area contributed by atoms with Crippen molar-refractivity contribution < 1.29 is 23.8 Å². The largest absolute Gasteiger partial charge is 0.496 e. The Balaban J connectivity index is 2.38. The van der Waals surface area contributed by atoms with Crippen LogP contribution in [0, 0.1) is 0 Å². The number of para-hydroxylation sites is 1. The molecule has 1 aromatic carbocycles. The highest BCUT2D eigenvalue weighted by Gasteiger charge is 2.35. The van der Waals surface area contributed by atoms with E-state index < -0.39 is 18.0 Å². The third kappa shape index (κ3) is 2.85. The number of carbonyl (C=O) groups is 2. The summed E-state index contributed by atoms with van der Waals surface area (Å²) in [6.07, 6.45) is -0.642. The van der Waals surface area contributed by atoms with Gasteiger partial charge in [-0.05, 0) is 22.0 Å². The molecular weight excluding hydrogens is 328 g/mol. The highest BCUT2D eigenvalue weighted by molar-refractivity contribution is 9.12. The number of rotatable bonds is 4. The second-order valence-electron chi connectivity index (χ2n) is 4.12. The first-order chi connectivity index (χ1) is 9.54. The van der Waals surface area contributed by atoms with Crippen molar-refractivity contribution in [3.63, 3.8) is 0 Å². The van der Waals surface area contributed by atoms with E-state index in [4.69, 9.17) is 14.2 Å². The van der Waals surface area contributed by atoms with Gasteiger partial charge in [0.05, 0.1) is 7.11 Å². The summed E-state index contributed by atoms with van der Waals surface area (Å²) in [5.74, 6) is -0.294. The zero-order chi connectivity index (χ0) is 14.7. The van der Waals surface area contributed by atoms with Gasteiger partial charge in [-0.15, -0.1) is 0 Å². The van der Waals surface area contributed by atoms with Crippen molar-refractivity contribution in [3.05, 3.63) is 34.3 Å². The van der Waals surface area contributed by atoms with Crippen LogP contribution in [-0.2, 0) is 19.1 Å². The van der Waals surface area contributed by atoms with Crippen molar-refractivity contribution in [2.24, 2.45) is 0 Å². The summed E-state index contributed by atoms with van der Waals surface area (Å²) < 4.78 is 15.7. The Labute approximate surface area is 124 Å². The fourth-order valence-electron chi connectivity index (χ4n) is 1.96. The monoisotopic (exact) mass is 340 g/mol. The second-order valence-corrected chi connectivity index (χ2v) is 4.92. The Kier molecular flexibility index (Phi) is 4.44. The molecule has 0 saturated carbocycles. The number of esters is 2. The van der Waals surface area contributed by atoms with Crippen LogP contribution in [0.2, 0.25) is 0 Å². The van der Waals surface area contributed by atoms with Crippen molar-refractivity contribution in [1.29, 1.82) is 0 Å². The van der Waals surface area contributed by atoms with E-state index in [2.05, 4.69) is 15.9 Å². The van der Waals surface area contributed by atoms with Crippen molar-refractivity contribution in [1.82, 2.24) is 0 Å². The van der Waals surface area contributed by atoms with Crippen LogP contribution >= 0.6 is 15.9 Å². The summed E-state index contributed by atoms with van der Waals surface area (Å²) in [6.45, 7) is 1.28. The predicted molar refractivity (Wildman–Crippen MR) is 75.4 cm³/mol. The lowest BCUT2D eigenvalue weighted by Gasteiger charge is -2.16. The van der Waals surface area contributed by atoms with E-state index in [1.807, 2.05) is 18.2 Å². The minimum Gasteiger partial charge on any atom is -0.496 e. The average Bonchev–Trinajstić information content (AvgIpc) is 2.72. The molecule has 0 saturated heterocycles. The Hall–Kier alpha value is -1.82. The summed E-state index contributed by atoms with van der Waals surface area (Å²) in [4.78, 5) is 22.6. The van der Waals surface area contributed by atoms with Crippen LogP contribution < -0.4 is 4.74 Å². The maximum atomic E-state index is 11.7. The topological polar surface area (TPSA) is 61.8 Å². The van der Waals surface area contributed by atoms with E-state index in [-0.39, 0.29) is 6.61 Å². The van der Waals surface area contributed by atoms with E-state index in [9.17, 15) is 9.59 Å². The van der Waals surface area contributed by atoms with Gasteiger partial charge in [0.1, 0.15) is 16.8 Å². The molecule has 0 radical (unpaired) electrons. The van der Waals surface area contributed by atoms with Crippen LogP contribution in [0.15, 0.2) is 28.7 Å². The van der Waals surface area contributed by atoms with Crippen LogP contribution in [-0.4, -0.2) is 31.8 Å². The molecule has 1 unspecified atom stereocenters. The van der Waals surface area contributed by atoms with Crippen LogP contribution in [0.3, 0.4) is 0 Å². The lowest BCUT2D eigenvalue weighted by atomic mass is 10.0. The molecule has 5 nitrogen and oxygen atoms in total. The van der Waals surface area contributed by atoms with Gasteiger partial charge in [0, 0.05) is 18.1 Å². The van der Waals surface area contributed by atoms with Crippen molar-refractivity contribution in [3.8, 4) is 5.75 Å². The molecule has 1 atom stereocenters. The highest BCUT2D eigenvalue weighted by Crippen LogP contribution is 2.38. The molecule has 0 aromatic heterocycles. The van der Waals surface area contributed by atoms with E-state index in [0.717, 1.165) is 5.56 Å². The summed E-state index contributed by atoms with van der Waals surface area (Å²) in [5, 5.41) is 0. The fourth-order valence-corrected chi connectivity index (χ4v) is 2.52. The van der Waals surface area contributed by atoms with Gasteiger partial charge in [-0.2, -0.15) is 0 Å². The summed E-state index contributed by atoms with van der Waals surface area (Å²) in [6, 6.07) is 7.26. The fraction of sp³-hybridized carbons (Fsp3) is 0.286. The molecule has 2 rings (SSSR count). The van der Waals surface area contributed by atoms with Crippen LogP contribution in [0.1, 0.15) is 12.5 Å². The Bertz CT molecular complexity index is 579. The van der Waals surface area contributed by atoms with E-state index >= 15 is 0 Å². The van der Waals surface area contributed by atoms with Crippen molar-refractivity contribution in [2.75, 3.05) is 13.7 Å². The Morgan fingerprint density at radius 2 is 2.10 bits per heavy atom. The van der Waals surface area contributed by atoms with Crippen molar-refractivity contribution in [2.45, 2.75) is 13.0 Å². The molecule has 6 heteroatoms. The average molecular weight is 341 g/mol. The molecule has 0 N–H and O–H groups in total. The van der Waals surface area contributed by atoms with Crippen LogP contribution in [0.5, 0.6) is 5.75 Å². The maximum absolute atomic E-state index is 11.7. The number of benzene rings is 1. The minimum absolute atomic E-state index is 0.0243. The Morgan fingerprint density at radius 1 is 1.40 bits per heavy atom. The van der Waals surface area contributed by atoms with E-state index in [0.29, 0.717) is 15.8 Å². The molecule has 106 valence electrons. The molecular formula is C14H13BrO5. The zero-order valence-corrected chi connectivity index (χ0v) is 12.6. The quantitative estimate of drug-likeness (QED) is 0.787. The number of hydrogen-bond acceptors (Lipinski definition) is 5. The van der Waals surface area contributed by atoms with Crippen LogP contribution in [0.25, 0.3) is 5.57 Å². The standard InChI is InChI=1S/C14H13BrO5/c1-8(16)19-7-11-12(13(15)14(17)20-11)9-5-3-4-6-10(9)18-2/h3-6,11H,7H2,1-2H3. The van der Waals surface area contributed by atoms with Gasteiger partial charge < -0.3 is 14.2 Å². The van der Waals surface area contributed by atoms with Gasteiger partial charge >= 0.3 is 11.9 Å². The van der Waals surface area contributed by atoms with E-state index in [1.54, 1.807) is 13.2 Å². The molecule has 20 heavy (non-hydrogen) atoms. The first-order valence-corrected chi connectivity index (χ1v) is 6.71. The molecule has 1 aromatic rings. The molecule has 0 fully saturated rings. The number of carbonyl (C=O) groups excluding carboxylic acids is 2. The first-order valence-electron chi connectivity index (χ1n) is 5.92. The summed E-state index contributed by atoms with van der Waals surface area (Å²) >= 11 is 3.23. The minimum atomic E-state index is -0.642. The number of hydrogen-bond donors (Lipinski definition) is 0. The van der Waals surface area contributed by atoms with Gasteiger partial charge in [-0.25, -0.2) is 4.79 Å². The SMILES string of the molecule is COc1ccccc1C1=C(Br)C(=O)OC1COC(C)=O. The molecule has 0 bridgehead atoms. The third-order valence-corrected chi connectivity index (χ3v) is 3.57. The third-order valence-electron chi connectivity index (χ3n) is 2.82. The summed E-state index contributed by atoms with van der Waals surface area (Å²) in [7, 11) is 1.55. The highest BCUT2D eigenvalue weighted by atomic mass is 79.9. The Morgan fingerprint density at radius 3 is 2.75 bits per heavy atom.